The van der Waals surface area contributed by atoms with Gasteiger partial charge in [0.2, 0.25) is 0 Å². The SMILES string of the molecule is CC(OC(=O)c1ccc(Cn2cncn2)cc1)C(=O)NC(=O)NC1CC1. The summed E-state index contributed by atoms with van der Waals surface area (Å²) in [6.45, 7) is 1.95. The highest BCUT2D eigenvalue weighted by Crippen LogP contribution is 2.18. The third-order valence-corrected chi connectivity index (χ3v) is 3.80. The van der Waals surface area contributed by atoms with Gasteiger partial charge in [0.05, 0.1) is 12.1 Å². The molecular weight excluding hydrogens is 338 g/mol. The second-order valence-corrected chi connectivity index (χ2v) is 6.07. The maximum Gasteiger partial charge on any atom is 0.338 e. The molecule has 1 unspecified atom stereocenters. The highest BCUT2D eigenvalue weighted by atomic mass is 16.5. The van der Waals surface area contributed by atoms with E-state index in [0.717, 1.165) is 18.4 Å². The van der Waals surface area contributed by atoms with Gasteiger partial charge in [0.15, 0.2) is 6.10 Å². The van der Waals surface area contributed by atoms with E-state index in [1.54, 1.807) is 35.3 Å². The average molecular weight is 357 g/mol. The molecule has 2 aromatic rings. The predicted octanol–water partition coefficient (Wildman–Crippen LogP) is 0.860. The molecule has 0 aliphatic heterocycles. The van der Waals surface area contributed by atoms with Crippen molar-refractivity contribution in [1.82, 2.24) is 25.4 Å². The van der Waals surface area contributed by atoms with Crippen LogP contribution < -0.4 is 10.6 Å². The van der Waals surface area contributed by atoms with Crippen molar-refractivity contribution in [2.75, 3.05) is 0 Å². The molecule has 9 nitrogen and oxygen atoms in total. The molecule has 2 N–H and O–H groups in total. The van der Waals surface area contributed by atoms with E-state index in [2.05, 4.69) is 20.7 Å². The molecule has 1 saturated carbocycles. The Kier molecular flexibility index (Phi) is 5.26. The Balaban J connectivity index is 1.49. The number of urea groups is 1. The Morgan fingerprint density at radius 3 is 2.62 bits per heavy atom. The van der Waals surface area contributed by atoms with Crippen LogP contribution >= 0.6 is 0 Å². The Bertz CT molecular complexity index is 784. The van der Waals surface area contributed by atoms with Crippen molar-refractivity contribution in [2.45, 2.75) is 38.5 Å². The highest BCUT2D eigenvalue weighted by molar-refractivity contribution is 5.98. The maximum atomic E-state index is 12.1. The third-order valence-electron chi connectivity index (χ3n) is 3.80. The normalized spacial score (nSPS) is 14.3. The fourth-order valence-electron chi connectivity index (χ4n) is 2.19. The Labute approximate surface area is 149 Å². The van der Waals surface area contributed by atoms with Crippen LogP contribution in [0, 0.1) is 0 Å². The lowest BCUT2D eigenvalue weighted by molar-refractivity contribution is -0.127. The fraction of sp³-hybridized carbons (Fsp3) is 0.353. The van der Waals surface area contributed by atoms with Crippen molar-refractivity contribution >= 4 is 17.9 Å². The number of hydrogen-bond donors (Lipinski definition) is 2. The second-order valence-electron chi connectivity index (χ2n) is 6.07. The van der Waals surface area contributed by atoms with Gasteiger partial charge >= 0.3 is 12.0 Å². The van der Waals surface area contributed by atoms with Gasteiger partial charge in [0.25, 0.3) is 5.91 Å². The van der Waals surface area contributed by atoms with E-state index in [4.69, 9.17) is 4.74 Å². The van der Waals surface area contributed by atoms with Crippen molar-refractivity contribution < 1.29 is 19.1 Å². The van der Waals surface area contributed by atoms with Crippen molar-refractivity contribution in [3.8, 4) is 0 Å². The number of rotatable bonds is 6. The summed E-state index contributed by atoms with van der Waals surface area (Å²) in [5, 5.41) is 8.80. The zero-order valence-electron chi connectivity index (χ0n) is 14.2. The topological polar surface area (TPSA) is 115 Å². The molecule has 3 rings (SSSR count). The zero-order valence-corrected chi connectivity index (χ0v) is 14.2. The smallest absolute Gasteiger partial charge is 0.338 e. The molecule has 3 amide bonds. The lowest BCUT2D eigenvalue weighted by Gasteiger charge is -2.13. The van der Waals surface area contributed by atoms with E-state index in [1.807, 2.05) is 0 Å². The molecule has 0 radical (unpaired) electrons. The Hall–Kier alpha value is -3.23. The number of amides is 3. The lowest BCUT2D eigenvalue weighted by atomic mass is 10.1. The summed E-state index contributed by atoms with van der Waals surface area (Å²) in [7, 11) is 0. The van der Waals surface area contributed by atoms with Crippen LogP contribution in [-0.2, 0) is 16.1 Å². The van der Waals surface area contributed by atoms with Gasteiger partial charge in [0.1, 0.15) is 12.7 Å². The molecule has 0 bridgehead atoms. The molecule has 1 aromatic heterocycles. The number of nitrogens with one attached hydrogen (secondary N) is 2. The van der Waals surface area contributed by atoms with Crippen LogP contribution in [0.4, 0.5) is 4.79 Å². The van der Waals surface area contributed by atoms with Gasteiger partial charge < -0.3 is 10.1 Å². The lowest BCUT2D eigenvalue weighted by Crippen LogP contribution is -2.45. The minimum Gasteiger partial charge on any atom is -0.449 e. The molecule has 1 atom stereocenters. The minimum atomic E-state index is -1.08. The van der Waals surface area contributed by atoms with Crippen LogP contribution in [0.1, 0.15) is 35.7 Å². The summed E-state index contributed by atoms with van der Waals surface area (Å²) < 4.78 is 6.77. The van der Waals surface area contributed by atoms with Gasteiger partial charge in [-0.05, 0) is 37.5 Å². The molecule has 0 saturated heterocycles. The largest absolute Gasteiger partial charge is 0.449 e. The molecule has 136 valence electrons. The summed E-state index contributed by atoms with van der Waals surface area (Å²) in [6, 6.07) is 6.32. The molecule has 9 heteroatoms. The molecule has 1 heterocycles. The van der Waals surface area contributed by atoms with Crippen LogP contribution in [0.15, 0.2) is 36.9 Å². The van der Waals surface area contributed by atoms with Gasteiger partial charge in [-0.25, -0.2) is 19.3 Å². The second kappa shape index (κ2) is 7.77. The monoisotopic (exact) mass is 357 g/mol. The van der Waals surface area contributed by atoms with Crippen molar-refractivity contribution in [1.29, 1.82) is 0 Å². The Morgan fingerprint density at radius 1 is 1.27 bits per heavy atom. The van der Waals surface area contributed by atoms with Crippen LogP contribution in [0.25, 0.3) is 0 Å². The highest BCUT2D eigenvalue weighted by Gasteiger charge is 2.26. The van der Waals surface area contributed by atoms with Gasteiger partial charge in [-0.3, -0.25) is 10.1 Å². The maximum absolute atomic E-state index is 12.1. The minimum absolute atomic E-state index is 0.136. The summed E-state index contributed by atoms with van der Waals surface area (Å²) in [5.41, 5.74) is 1.25. The Morgan fingerprint density at radius 2 is 2.00 bits per heavy atom. The quantitative estimate of drug-likeness (QED) is 0.741. The van der Waals surface area contributed by atoms with Crippen LogP contribution in [0.3, 0.4) is 0 Å². The molecule has 1 aromatic carbocycles. The van der Waals surface area contributed by atoms with Crippen LogP contribution in [-0.4, -0.2) is 44.8 Å². The summed E-state index contributed by atoms with van der Waals surface area (Å²) in [5.74, 6) is -1.30. The first-order valence-corrected chi connectivity index (χ1v) is 8.25. The molecule has 0 spiro atoms. The van der Waals surface area contributed by atoms with Crippen molar-refractivity contribution in [2.24, 2.45) is 0 Å². The van der Waals surface area contributed by atoms with Gasteiger partial charge in [0, 0.05) is 6.04 Å². The van der Waals surface area contributed by atoms with Crippen molar-refractivity contribution in [3.05, 3.63) is 48.0 Å². The summed E-state index contributed by atoms with van der Waals surface area (Å²) >= 11 is 0. The standard InChI is InChI=1S/C17H19N5O4/c1-11(15(23)21-17(25)20-14-6-7-14)26-16(24)13-4-2-12(3-5-13)8-22-10-18-9-19-22/h2-5,9-11,14H,6-8H2,1H3,(H2,20,21,23,25). The first-order valence-electron chi connectivity index (χ1n) is 8.25. The number of nitrogens with zero attached hydrogens (tertiary/aromatic N) is 3. The average Bonchev–Trinajstić information content (AvgIpc) is 3.27. The molecule has 1 aliphatic carbocycles. The number of benzene rings is 1. The van der Waals surface area contributed by atoms with Crippen molar-refractivity contribution in [3.63, 3.8) is 0 Å². The molecular formula is C17H19N5O4. The van der Waals surface area contributed by atoms with E-state index >= 15 is 0 Å². The van der Waals surface area contributed by atoms with E-state index < -0.39 is 24.0 Å². The summed E-state index contributed by atoms with van der Waals surface area (Å²) in [4.78, 5) is 39.4. The summed E-state index contributed by atoms with van der Waals surface area (Å²) in [6.07, 6.45) is 3.80. The zero-order chi connectivity index (χ0) is 18.5. The molecule has 26 heavy (non-hydrogen) atoms. The number of esters is 1. The molecule has 1 fully saturated rings. The number of carbonyl (C=O) groups excluding carboxylic acids is 3. The van der Waals surface area contributed by atoms with Crippen LogP contribution in [0.5, 0.6) is 0 Å². The third kappa shape index (κ3) is 4.88. The van der Waals surface area contributed by atoms with Gasteiger partial charge in [-0.15, -0.1) is 0 Å². The van der Waals surface area contributed by atoms with E-state index in [9.17, 15) is 14.4 Å². The number of imide groups is 1. The van der Waals surface area contributed by atoms with E-state index in [0.29, 0.717) is 12.1 Å². The van der Waals surface area contributed by atoms with Gasteiger partial charge in [-0.1, -0.05) is 12.1 Å². The number of carbonyl (C=O) groups is 3. The van der Waals surface area contributed by atoms with Gasteiger partial charge in [-0.2, -0.15) is 5.10 Å². The first-order chi connectivity index (χ1) is 12.5. The van der Waals surface area contributed by atoms with E-state index in [-0.39, 0.29) is 6.04 Å². The number of hydrogen-bond acceptors (Lipinski definition) is 6. The first kappa shape index (κ1) is 17.6. The predicted molar refractivity (Wildman–Crippen MR) is 90.1 cm³/mol. The molecule has 1 aliphatic rings. The van der Waals surface area contributed by atoms with E-state index in [1.165, 1.54) is 13.3 Å². The number of aromatic nitrogens is 3. The van der Waals surface area contributed by atoms with Crippen LogP contribution in [0.2, 0.25) is 0 Å². The fourth-order valence-corrected chi connectivity index (χ4v) is 2.19. The number of ether oxygens (including phenoxy) is 1.